The minimum atomic E-state index is -0.0681. The standard InChI is InChI=1S/C22H33ClN4O2.HI/c1-16(29-20-11-7-6-10-19(20)23)14-25-22(24-2)26-18-12-13-27(15-18)21(28)17-8-4-3-5-9-17;/h6-7,10-11,16-18H,3-5,8-9,12-15H2,1-2H3,(H2,24,25,26);1H. The van der Waals surface area contributed by atoms with E-state index < -0.39 is 0 Å². The summed E-state index contributed by atoms with van der Waals surface area (Å²) in [4.78, 5) is 19.1. The second kappa shape index (κ2) is 12.6. The fourth-order valence-electron chi connectivity index (χ4n) is 4.11. The Kier molecular flexibility index (Phi) is 10.5. The summed E-state index contributed by atoms with van der Waals surface area (Å²) >= 11 is 6.15. The summed E-state index contributed by atoms with van der Waals surface area (Å²) in [6, 6.07) is 7.70. The molecule has 2 unspecified atom stereocenters. The van der Waals surface area contributed by atoms with Crippen molar-refractivity contribution in [3.05, 3.63) is 29.3 Å². The predicted octanol–water partition coefficient (Wildman–Crippen LogP) is 4.07. The predicted molar refractivity (Wildman–Crippen MR) is 133 cm³/mol. The Bertz CT molecular complexity index is 712. The Morgan fingerprint density at radius 2 is 2.00 bits per heavy atom. The molecule has 2 N–H and O–H groups in total. The number of para-hydroxylation sites is 1. The largest absolute Gasteiger partial charge is 0.487 e. The van der Waals surface area contributed by atoms with Gasteiger partial charge in [0.25, 0.3) is 0 Å². The molecule has 2 atom stereocenters. The Labute approximate surface area is 202 Å². The molecule has 0 aromatic heterocycles. The fraction of sp³-hybridized carbons (Fsp3) is 0.636. The number of carbonyl (C=O) groups is 1. The lowest BCUT2D eigenvalue weighted by Gasteiger charge is -2.26. The van der Waals surface area contributed by atoms with Crippen LogP contribution in [0.5, 0.6) is 5.75 Å². The molecule has 2 aliphatic rings. The summed E-state index contributed by atoms with van der Waals surface area (Å²) in [6.45, 7) is 4.17. The molecule has 2 fully saturated rings. The number of aliphatic imine (C=N–C) groups is 1. The number of likely N-dealkylation sites (tertiary alicyclic amines) is 1. The summed E-state index contributed by atoms with van der Waals surface area (Å²) in [6.07, 6.45) is 6.65. The monoisotopic (exact) mass is 548 g/mol. The van der Waals surface area contributed by atoms with Crippen molar-refractivity contribution in [3.8, 4) is 5.75 Å². The summed E-state index contributed by atoms with van der Waals surface area (Å²) in [7, 11) is 1.76. The molecule has 0 bridgehead atoms. The van der Waals surface area contributed by atoms with E-state index in [4.69, 9.17) is 16.3 Å². The number of halogens is 2. The number of ether oxygens (including phenoxy) is 1. The van der Waals surface area contributed by atoms with Crippen LogP contribution >= 0.6 is 35.6 Å². The van der Waals surface area contributed by atoms with Gasteiger partial charge in [0.15, 0.2) is 5.96 Å². The van der Waals surface area contributed by atoms with E-state index in [0.717, 1.165) is 38.3 Å². The number of benzene rings is 1. The van der Waals surface area contributed by atoms with Gasteiger partial charge in [-0.05, 0) is 38.3 Å². The summed E-state index contributed by atoms with van der Waals surface area (Å²) in [5.41, 5.74) is 0. The molecule has 1 saturated heterocycles. The maximum Gasteiger partial charge on any atom is 0.225 e. The molecule has 8 heteroatoms. The van der Waals surface area contributed by atoms with Crippen molar-refractivity contribution >= 4 is 47.4 Å². The SMILES string of the molecule is CN=C(NCC(C)Oc1ccccc1Cl)NC1CCN(C(=O)C2CCCCC2)C1.I. The quantitative estimate of drug-likeness (QED) is 0.320. The second-order valence-corrected chi connectivity index (χ2v) is 8.47. The van der Waals surface area contributed by atoms with Gasteiger partial charge in [0.05, 0.1) is 11.6 Å². The zero-order valence-corrected chi connectivity index (χ0v) is 21.0. The number of carbonyl (C=O) groups excluding carboxylic acids is 1. The average Bonchev–Trinajstić information content (AvgIpc) is 3.21. The lowest BCUT2D eigenvalue weighted by molar-refractivity contribution is -0.135. The minimum Gasteiger partial charge on any atom is -0.487 e. The van der Waals surface area contributed by atoms with Crippen molar-refractivity contribution in [1.29, 1.82) is 0 Å². The van der Waals surface area contributed by atoms with Gasteiger partial charge in [-0.3, -0.25) is 9.79 Å². The molecule has 1 heterocycles. The number of nitrogens with zero attached hydrogens (tertiary/aromatic N) is 2. The fourth-order valence-corrected chi connectivity index (χ4v) is 4.29. The van der Waals surface area contributed by atoms with Gasteiger partial charge in [-0.25, -0.2) is 0 Å². The highest BCUT2D eigenvalue weighted by Gasteiger charge is 2.31. The van der Waals surface area contributed by atoms with Crippen LogP contribution in [-0.4, -0.2) is 55.6 Å². The highest BCUT2D eigenvalue weighted by atomic mass is 127. The van der Waals surface area contributed by atoms with Crippen LogP contribution in [0.1, 0.15) is 45.4 Å². The van der Waals surface area contributed by atoms with Gasteiger partial charge in [0.2, 0.25) is 5.91 Å². The molecule has 1 aromatic carbocycles. The van der Waals surface area contributed by atoms with Crippen LogP contribution in [0.2, 0.25) is 5.02 Å². The Morgan fingerprint density at radius 3 is 2.70 bits per heavy atom. The lowest BCUT2D eigenvalue weighted by atomic mass is 9.88. The summed E-state index contributed by atoms with van der Waals surface area (Å²) < 4.78 is 5.90. The lowest BCUT2D eigenvalue weighted by Crippen LogP contribution is -2.47. The van der Waals surface area contributed by atoms with E-state index in [0.29, 0.717) is 23.2 Å². The third-order valence-corrected chi connectivity index (χ3v) is 6.05. The van der Waals surface area contributed by atoms with Gasteiger partial charge in [-0.2, -0.15) is 0 Å². The van der Waals surface area contributed by atoms with Crippen LogP contribution in [-0.2, 0) is 4.79 Å². The molecule has 1 aliphatic carbocycles. The van der Waals surface area contributed by atoms with Crippen LogP contribution in [0.4, 0.5) is 0 Å². The van der Waals surface area contributed by atoms with Crippen molar-refractivity contribution in [2.24, 2.45) is 10.9 Å². The smallest absolute Gasteiger partial charge is 0.225 e. The first-order valence-electron chi connectivity index (χ1n) is 10.7. The average molecular weight is 549 g/mol. The van der Waals surface area contributed by atoms with Gasteiger partial charge >= 0.3 is 0 Å². The van der Waals surface area contributed by atoms with Gasteiger partial charge in [0.1, 0.15) is 11.9 Å². The maximum atomic E-state index is 12.7. The first-order chi connectivity index (χ1) is 14.1. The van der Waals surface area contributed by atoms with E-state index in [1.807, 2.05) is 36.1 Å². The maximum absolute atomic E-state index is 12.7. The van der Waals surface area contributed by atoms with Crippen molar-refractivity contribution < 1.29 is 9.53 Å². The van der Waals surface area contributed by atoms with Crippen LogP contribution in [0.3, 0.4) is 0 Å². The summed E-state index contributed by atoms with van der Waals surface area (Å²) in [5.74, 6) is 2.00. The number of nitrogens with one attached hydrogen (secondary N) is 2. The van der Waals surface area contributed by atoms with Crippen LogP contribution < -0.4 is 15.4 Å². The number of rotatable bonds is 6. The van der Waals surface area contributed by atoms with E-state index in [1.54, 1.807) is 7.05 Å². The summed E-state index contributed by atoms with van der Waals surface area (Å²) in [5, 5.41) is 7.36. The van der Waals surface area contributed by atoms with Crippen LogP contribution in [0.15, 0.2) is 29.3 Å². The first-order valence-corrected chi connectivity index (χ1v) is 11.1. The number of guanidine groups is 1. The molecule has 3 rings (SSSR count). The van der Waals surface area contributed by atoms with Crippen molar-refractivity contribution in [1.82, 2.24) is 15.5 Å². The van der Waals surface area contributed by atoms with Gasteiger partial charge in [-0.15, -0.1) is 24.0 Å². The molecule has 1 aromatic rings. The zero-order chi connectivity index (χ0) is 20.6. The number of hydrogen-bond acceptors (Lipinski definition) is 3. The molecule has 168 valence electrons. The van der Waals surface area contributed by atoms with Crippen LogP contribution in [0, 0.1) is 5.92 Å². The molecule has 6 nitrogen and oxygen atoms in total. The minimum absolute atomic E-state index is 0. The Morgan fingerprint density at radius 1 is 1.27 bits per heavy atom. The zero-order valence-electron chi connectivity index (χ0n) is 17.9. The van der Waals surface area contributed by atoms with E-state index >= 15 is 0 Å². The third kappa shape index (κ3) is 7.18. The van der Waals surface area contributed by atoms with E-state index in [-0.39, 0.29) is 42.0 Å². The second-order valence-electron chi connectivity index (χ2n) is 8.06. The normalized spacial score (nSPS) is 21.0. The molecule has 1 saturated carbocycles. The molecule has 0 spiro atoms. The van der Waals surface area contributed by atoms with Crippen molar-refractivity contribution in [2.45, 2.75) is 57.6 Å². The highest BCUT2D eigenvalue weighted by molar-refractivity contribution is 14.0. The highest BCUT2D eigenvalue weighted by Crippen LogP contribution is 2.27. The number of amides is 1. The Hall–Kier alpha value is -1.22. The van der Waals surface area contributed by atoms with Crippen molar-refractivity contribution in [3.63, 3.8) is 0 Å². The Balaban J connectivity index is 0.00000320. The number of hydrogen-bond donors (Lipinski definition) is 2. The van der Waals surface area contributed by atoms with E-state index in [1.165, 1.54) is 19.3 Å². The van der Waals surface area contributed by atoms with Gasteiger partial charge in [-0.1, -0.05) is 43.0 Å². The third-order valence-electron chi connectivity index (χ3n) is 5.74. The van der Waals surface area contributed by atoms with E-state index in [2.05, 4.69) is 15.6 Å². The molecule has 1 aliphatic heterocycles. The molecule has 0 radical (unpaired) electrons. The molecule has 30 heavy (non-hydrogen) atoms. The van der Waals surface area contributed by atoms with Crippen LogP contribution in [0.25, 0.3) is 0 Å². The topological polar surface area (TPSA) is 66.0 Å². The van der Waals surface area contributed by atoms with E-state index in [9.17, 15) is 4.79 Å². The molecule has 1 amide bonds. The molecular weight excluding hydrogens is 515 g/mol. The van der Waals surface area contributed by atoms with Gasteiger partial charge < -0.3 is 20.3 Å². The molecular formula is C22H34ClIN4O2. The van der Waals surface area contributed by atoms with Gasteiger partial charge in [0, 0.05) is 32.1 Å². The first kappa shape index (κ1) is 25.0. The van der Waals surface area contributed by atoms with Crippen molar-refractivity contribution in [2.75, 3.05) is 26.7 Å².